The van der Waals surface area contributed by atoms with Crippen LogP contribution in [0, 0.1) is 11.3 Å². The molecule has 0 amide bonds. The van der Waals surface area contributed by atoms with Gasteiger partial charge in [0.15, 0.2) is 0 Å². The van der Waals surface area contributed by atoms with Gasteiger partial charge in [-0.05, 0) is 12.8 Å². The van der Waals surface area contributed by atoms with Gasteiger partial charge in [-0.25, -0.2) is 0 Å². The van der Waals surface area contributed by atoms with Gasteiger partial charge in [0, 0.05) is 18.8 Å². The van der Waals surface area contributed by atoms with Crippen LogP contribution in [-0.4, -0.2) is 18.8 Å². The minimum absolute atomic E-state index is 0.257. The van der Waals surface area contributed by atoms with Gasteiger partial charge in [0.25, 0.3) is 0 Å². The van der Waals surface area contributed by atoms with Gasteiger partial charge in [0.1, 0.15) is 0 Å². The Morgan fingerprint density at radius 1 is 1.50 bits per heavy atom. The molecule has 1 rings (SSSR count). The molecular formula is C7H12N2O. The van der Waals surface area contributed by atoms with E-state index in [4.69, 9.17) is 15.7 Å². The third-order valence-electron chi connectivity index (χ3n) is 1.92. The molecule has 56 valence electrons. The van der Waals surface area contributed by atoms with Gasteiger partial charge in [-0.1, -0.05) is 0 Å². The van der Waals surface area contributed by atoms with Crippen LogP contribution in [0.4, 0.5) is 0 Å². The highest BCUT2D eigenvalue weighted by Gasteiger charge is 2.27. The highest BCUT2D eigenvalue weighted by molar-refractivity contribution is 4.94. The lowest BCUT2D eigenvalue weighted by Gasteiger charge is -2.30. The molecule has 0 unspecified atom stereocenters. The summed E-state index contributed by atoms with van der Waals surface area (Å²) in [5.41, 5.74) is 5.61. The fraction of sp³-hybridized carbons (Fsp3) is 0.857. The normalized spacial score (nSPS) is 23.6. The van der Waals surface area contributed by atoms with E-state index < -0.39 is 0 Å². The first kappa shape index (κ1) is 7.52. The summed E-state index contributed by atoms with van der Waals surface area (Å²) in [6.07, 6.45) is 2.09. The topological polar surface area (TPSA) is 59.0 Å². The molecule has 3 heteroatoms. The van der Waals surface area contributed by atoms with Crippen LogP contribution in [0.3, 0.4) is 0 Å². The third kappa shape index (κ3) is 1.69. The Bertz CT molecular complexity index is 144. The number of nitrogens with zero attached hydrogens (tertiary/aromatic N) is 1. The minimum Gasteiger partial charge on any atom is -0.381 e. The average molecular weight is 140 g/mol. The second kappa shape index (κ2) is 3.00. The van der Waals surface area contributed by atoms with Crippen molar-refractivity contribution in [1.82, 2.24) is 0 Å². The van der Waals surface area contributed by atoms with Crippen molar-refractivity contribution in [2.24, 2.45) is 5.73 Å². The maximum absolute atomic E-state index is 8.41. The fourth-order valence-electron chi connectivity index (χ4n) is 1.11. The molecule has 1 fully saturated rings. The van der Waals surface area contributed by atoms with E-state index in [1.165, 1.54) is 0 Å². The third-order valence-corrected chi connectivity index (χ3v) is 1.92. The molecule has 1 aliphatic rings. The number of ether oxygens (including phenoxy) is 1. The summed E-state index contributed by atoms with van der Waals surface area (Å²) in [6.45, 7) is 1.41. The molecule has 0 aromatic carbocycles. The van der Waals surface area contributed by atoms with E-state index in [9.17, 15) is 0 Å². The van der Waals surface area contributed by atoms with Gasteiger partial charge < -0.3 is 10.5 Å². The average Bonchev–Trinajstić information content (AvgIpc) is 1.89. The van der Waals surface area contributed by atoms with Crippen molar-refractivity contribution < 1.29 is 4.74 Å². The maximum Gasteiger partial charge on any atom is 0.0641 e. The van der Waals surface area contributed by atoms with Crippen LogP contribution in [0.15, 0.2) is 0 Å². The molecule has 0 aromatic heterocycles. The molecule has 1 saturated heterocycles. The Balaban J connectivity index is 2.42. The van der Waals surface area contributed by atoms with Crippen molar-refractivity contribution in [3.8, 4) is 6.07 Å². The van der Waals surface area contributed by atoms with Crippen molar-refractivity contribution >= 4 is 0 Å². The van der Waals surface area contributed by atoms with Gasteiger partial charge in [0.05, 0.1) is 12.5 Å². The van der Waals surface area contributed by atoms with E-state index in [1.54, 1.807) is 0 Å². The molecule has 2 N–H and O–H groups in total. The monoisotopic (exact) mass is 140 g/mol. The minimum atomic E-state index is -0.257. The van der Waals surface area contributed by atoms with Gasteiger partial charge >= 0.3 is 0 Å². The fourth-order valence-corrected chi connectivity index (χ4v) is 1.11. The second-order valence-electron chi connectivity index (χ2n) is 2.81. The van der Waals surface area contributed by atoms with Crippen LogP contribution in [-0.2, 0) is 4.74 Å². The Kier molecular flexibility index (Phi) is 2.25. The lowest BCUT2D eigenvalue weighted by molar-refractivity contribution is 0.0548. The molecule has 0 aromatic rings. The standard InChI is InChI=1S/C7H12N2O/c8-4-1-7(9)2-5-10-6-3-7/h1-3,5-6,9H2. The zero-order chi connectivity index (χ0) is 7.45. The number of nitrogens with two attached hydrogens (primary N) is 1. The van der Waals surface area contributed by atoms with Gasteiger partial charge in [-0.15, -0.1) is 0 Å². The van der Waals surface area contributed by atoms with Gasteiger partial charge in [-0.2, -0.15) is 5.26 Å². The van der Waals surface area contributed by atoms with Crippen LogP contribution in [0.2, 0.25) is 0 Å². The van der Waals surface area contributed by atoms with Crippen LogP contribution < -0.4 is 5.73 Å². The molecule has 1 heterocycles. The molecule has 1 aliphatic heterocycles. The van der Waals surface area contributed by atoms with Crippen molar-refractivity contribution in [3.63, 3.8) is 0 Å². The van der Waals surface area contributed by atoms with Crippen molar-refractivity contribution in [1.29, 1.82) is 5.26 Å². The highest BCUT2D eigenvalue weighted by atomic mass is 16.5. The van der Waals surface area contributed by atoms with Crippen LogP contribution in [0.5, 0.6) is 0 Å². The number of rotatable bonds is 1. The van der Waals surface area contributed by atoms with E-state index in [0.717, 1.165) is 12.8 Å². The van der Waals surface area contributed by atoms with E-state index in [1.807, 2.05) is 0 Å². The summed E-state index contributed by atoms with van der Waals surface area (Å²) in [5.74, 6) is 0. The summed E-state index contributed by atoms with van der Waals surface area (Å²) >= 11 is 0. The maximum atomic E-state index is 8.41. The molecule has 0 saturated carbocycles. The molecule has 0 aliphatic carbocycles. The lowest BCUT2D eigenvalue weighted by atomic mass is 9.89. The van der Waals surface area contributed by atoms with Gasteiger partial charge in [-0.3, -0.25) is 0 Å². The van der Waals surface area contributed by atoms with Crippen LogP contribution in [0.1, 0.15) is 19.3 Å². The summed E-state index contributed by atoms with van der Waals surface area (Å²) in [4.78, 5) is 0. The predicted molar refractivity (Wildman–Crippen MR) is 37.2 cm³/mol. The molecule has 0 atom stereocenters. The van der Waals surface area contributed by atoms with Crippen LogP contribution in [0.25, 0.3) is 0 Å². The quantitative estimate of drug-likeness (QED) is 0.573. The Morgan fingerprint density at radius 2 is 2.10 bits per heavy atom. The number of hydrogen-bond donors (Lipinski definition) is 1. The largest absolute Gasteiger partial charge is 0.381 e. The van der Waals surface area contributed by atoms with E-state index in [2.05, 4.69) is 6.07 Å². The summed E-state index contributed by atoms with van der Waals surface area (Å²) in [7, 11) is 0. The molecular weight excluding hydrogens is 128 g/mol. The first-order valence-corrected chi connectivity index (χ1v) is 3.50. The SMILES string of the molecule is N#CCC1(N)CCOCC1. The predicted octanol–water partition coefficient (Wildman–Crippen LogP) is 0.408. The van der Waals surface area contributed by atoms with Crippen LogP contribution >= 0.6 is 0 Å². The van der Waals surface area contributed by atoms with Crippen molar-refractivity contribution in [2.45, 2.75) is 24.8 Å². The Hall–Kier alpha value is -0.590. The molecule has 0 radical (unpaired) electrons. The number of nitriles is 1. The van der Waals surface area contributed by atoms with E-state index >= 15 is 0 Å². The van der Waals surface area contributed by atoms with E-state index in [0.29, 0.717) is 19.6 Å². The van der Waals surface area contributed by atoms with Crippen molar-refractivity contribution in [2.75, 3.05) is 13.2 Å². The lowest BCUT2D eigenvalue weighted by Crippen LogP contribution is -2.44. The highest BCUT2D eigenvalue weighted by Crippen LogP contribution is 2.20. The number of hydrogen-bond acceptors (Lipinski definition) is 3. The Labute approximate surface area is 60.8 Å². The first-order valence-electron chi connectivity index (χ1n) is 3.50. The molecule has 0 spiro atoms. The summed E-state index contributed by atoms with van der Waals surface area (Å²) < 4.78 is 5.12. The molecule has 0 bridgehead atoms. The summed E-state index contributed by atoms with van der Waals surface area (Å²) in [6, 6.07) is 2.10. The van der Waals surface area contributed by atoms with Crippen molar-refractivity contribution in [3.05, 3.63) is 0 Å². The zero-order valence-corrected chi connectivity index (χ0v) is 5.97. The molecule has 3 nitrogen and oxygen atoms in total. The Morgan fingerprint density at radius 3 is 2.60 bits per heavy atom. The smallest absolute Gasteiger partial charge is 0.0641 e. The first-order chi connectivity index (χ1) is 4.77. The van der Waals surface area contributed by atoms with Gasteiger partial charge in [0.2, 0.25) is 0 Å². The summed E-state index contributed by atoms with van der Waals surface area (Å²) in [5, 5.41) is 8.41. The molecule has 10 heavy (non-hydrogen) atoms. The zero-order valence-electron chi connectivity index (χ0n) is 5.97. The van der Waals surface area contributed by atoms with E-state index in [-0.39, 0.29) is 5.54 Å². The second-order valence-corrected chi connectivity index (χ2v) is 2.81.